The Morgan fingerprint density at radius 2 is 1.90 bits per heavy atom. The lowest BCUT2D eigenvalue weighted by Crippen LogP contribution is -2.24. The van der Waals surface area contributed by atoms with E-state index in [-0.39, 0.29) is 17.0 Å². The van der Waals surface area contributed by atoms with Crippen LogP contribution in [-0.2, 0) is 10.3 Å². The third-order valence-corrected chi connectivity index (χ3v) is 5.17. The number of hydrogen-bond acceptors (Lipinski definition) is 4. The minimum Gasteiger partial charge on any atom is -0.505 e. The number of aliphatic hydroxyl groups is 1. The van der Waals surface area contributed by atoms with Gasteiger partial charge in [-0.1, -0.05) is 24.3 Å². The van der Waals surface area contributed by atoms with Gasteiger partial charge in [-0.3, -0.25) is 14.3 Å². The number of nitrogens with zero attached hydrogens (tertiary/aromatic N) is 2. The zero-order valence-corrected chi connectivity index (χ0v) is 17.7. The first-order chi connectivity index (χ1) is 14.6. The van der Waals surface area contributed by atoms with Gasteiger partial charge in [0, 0.05) is 5.39 Å². The van der Waals surface area contributed by atoms with Crippen LogP contribution in [0.1, 0.15) is 42.4 Å². The fourth-order valence-corrected chi connectivity index (χ4v) is 3.59. The number of halogens is 1. The van der Waals surface area contributed by atoms with E-state index in [2.05, 4.69) is 10.4 Å². The van der Waals surface area contributed by atoms with Crippen LogP contribution in [0.2, 0.25) is 0 Å². The van der Waals surface area contributed by atoms with Crippen LogP contribution in [0.4, 0.5) is 4.39 Å². The van der Waals surface area contributed by atoms with Gasteiger partial charge in [-0.25, -0.2) is 4.39 Å². The number of hydrogen-bond donors (Lipinski definition) is 2. The summed E-state index contributed by atoms with van der Waals surface area (Å²) in [5, 5.41) is 18.3. The van der Waals surface area contributed by atoms with E-state index in [1.807, 2.05) is 32.9 Å². The maximum absolute atomic E-state index is 13.6. The Kier molecular flexibility index (Phi) is 4.76. The molecule has 2 N–H and O–H groups in total. The highest BCUT2D eigenvalue weighted by molar-refractivity contribution is 6.30. The number of aliphatic hydroxyl groups excluding tert-OH is 1. The molecule has 0 bridgehead atoms. The molecule has 158 valence electrons. The maximum atomic E-state index is 13.6. The predicted molar refractivity (Wildman–Crippen MR) is 116 cm³/mol. The average Bonchev–Trinajstić information content (AvgIpc) is 3.22. The molecule has 1 amide bonds. The van der Waals surface area contributed by atoms with Gasteiger partial charge in [0.1, 0.15) is 17.1 Å². The molecular weight excluding hydrogens is 397 g/mol. The van der Waals surface area contributed by atoms with Crippen LogP contribution in [0.15, 0.2) is 59.5 Å². The normalized spacial score (nSPS) is 15.8. The number of fused-ring (bicyclic) bond motifs is 1. The van der Waals surface area contributed by atoms with Gasteiger partial charge in [0.15, 0.2) is 5.76 Å². The molecule has 31 heavy (non-hydrogen) atoms. The molecule has 0 saturated heterocycles. The highest BCUT2D eigenvalue weighted by Crippen LogP contribution is 2.29. The van der Waals surface area contributed by atoms with Crippen molar-refractivity contribution in [1.82, 2.24) is 15.1 Å². The third-order valence-electron chi connectivity index (χ3n) is 5.17. The van der Waals surface area contributed by atoms with Crippen molar-refractivity contribution in [1.29, 1.82) is 0 Å². The monoisotopic (exact) mass is 419 g/mol. The van der Waals surface area contributed by atoms with Crippen molar-refractivity contribution in [2.24, 2.45) is 0 Å². The van der Waals surface area contributed by atoms with Crippen LogP contribution in [0, 0.1) is 12.7 Å². The van der Waals surface area contributed by atoms with Crippen molar-refractivity contribution in [3.8, 4) is 0 Å². The first-order valence-corrected chi connectivity index (χ1v) is 9.83. The van der Waals surface area contributed by atoms with Gasteiger partial charge in [-0.05, 0) is 63.1 Å². The molecule has 0 unspecified atom stereocenters. The zero-order chi connectivity index (χ0) is 22.5. The number of amides is 1. The SMILES string of the molecule is Cc1ccc(F)cc1/C=C1\NC(=O)C(C(=O)c2nn(C(C)(C)C)c3ccccc23)=C1O. The van der Waals surface area contributed by atoms with Crippen LogP contribution < -0.4 is 5.32 Å². The lowest BCUT2D eigenvalue weighted by atomic mass is 10.0. The van der Waals surface area contributed by atoms with Crippen LogP contribution in [0.3, 0.4) is 0 Å². The van der Waals surface area contributed by atoms with E-state index in [0.717, 1.165) is 11.1 Å². The Labute approximate surface area is 178 Å². The quantitative estimate of drug-likeness (QED) is 0.487. The number of nitrogens with one attached hydrogen (secondary N) is 1. The van der Waals surface area contributed by atoms with Gasteiger partial charge in [0.05, 0.1) is 16.8 Å². The Balaban J connectivity index is 1.83. The van der Waals surface area contributed by atoms with Crippen molar-refractivity contribution in [2.45, 2.75) is 33.2 Å². The van der Waals surface area contributed by atoms with E-state index in [9.17, 15) is 19.1 Å². The van der Waals surface area contributed by atoms with E-state index in [4.69, 9.17) is 0 Å². The van der Waals surface area contributed by atoms with Crippen LogP contribution >= 0.6 is 0 Å². The summed E-state index contributed by atoms with van der Waals surface area (Å²) in [7, 11) is 0. The third kappa shape index (κ3) is 3.52. The Bertz CT molecular complexity index is 1310. The summed E-state index contributed by atoms with van der Waals surface area (Å²) in [4.78, 5) is 25.9. The number of benzene rings is 2. The van der Waals surface area contributed by atoms with Crippen LogP contribution in [0.5, 0.6) is 0 Å². The summed E-state index contributed by atoms with van der Waals surface area (Å²) in [5.41, 5.74) is 1.34. The number of ketones is 1. The van der Waals surface area contributed by atoms with Gasteiger partial charge in [-0.2, -0.15) is 5.10 Å². The molecule has 2 heterocycles. The van der Waals surface area contributed by atoms with Crippen LogP contribution in [-0.4, -0.2) is 26.6 Å². The van der Waals surface area contributed by atoms with Crippen molar-refractivity contribution >= 4 is 28.7 Å². The highest BCUT2D eigenvalue weighted by atomic mass is 19.1. The molecule has 0 saturated carbocycles. The minimum atomic E-state index is -0.725. The summed E-state index contributed by atoms with van der Waals surface area (Å²) < 4.78 is 15.3. The first kappa shape index (κ1) is 20.5. The lowest BCUT2D eigenvalue weighted by Gasteiger charge is -2.20. The average molecular weight is 419 g/mol. The van der Waals surface area contributed by atoms with E-state index in [1.54, 1.807) is 29.8 Å². The molecule has 1 aromatic heterocycles. The van der Waals surface area contributed by atoms with E-state index in [1.165, 1.54) is 18.2 Å². The van der Waals surface area contributed by atoms with Gasteiger partial charge >= 0.3 is 0 Å². The molecule has 0 spiro atoms. The minimum absolute atomic E-state index is 0.0432. The Morgan fingerprint density at radius 3 is 2.61 bits per heavy atom. The number of aryl methyl sites for hydroxylation is 1. The fraction of sp³-hybridized carbons (Fsp3) is 0.208. The summed E-state index contributed by atoms with van der Waals surface area (Å²) in [6.07, 6.45) is 1.44. The van der Waals surface area contributed by atoms with Crippen molar-refractivity contribution < 1.29 is 19.1 Å². The molecule has 0 aliphatic carbocycles. The highest BCUT2D eigenvalue weighted by Gasteiger charge is 2.36. The second-order valence-electron chi connectivity index (χ2n) is 8.51. The molecule has 3 aromatic rings. The summed E-state index contributed by atoms with van der Waals surface area (Å²) in [6, 6.07) is 11.5. The Morgan fingerprint density at radius 1 is 1.19 bits per heavy atom. The number of carbonyl (C=O) groups excluding carboxylic acids is 2. The molecule has 0 radical (unpaired) electrons. The Hall–Kier alpha value is -3.74. The fourth-order valence-electron chi connectivity index (χ4n) is 3.59. The van der Waals surface area contributed by atoms with Gasteiger partial charge in [0.25, 0.3) is 5.91 Å². The molecule has 0 fully saturated rings. The van der Waals surface area contributed by atoms with Crippen molar-refractivity contribution in [3.63, 3.8) is 0 Å². The summed E-state index contributed by atoms with van der Waals surface area (Å²) >= 11 is 0. The molecule has 1 aliphatic heterocycles. The number of rotatable bonds is 3. The summed E-state index contributed by atoms with van der Waals surface area (Å²) in [5.74, 6) is -2.32. The lowest BCUT2D eigenvalue weighted by molar-refractivity contribution is -0.115. The zero-order valence-electron chi connectivity index (χ0n) is 17.7. The maximum Gasteiger partial charge on any atom is 0.263 e. The molecule has 2 aromatic carbocycles. The number of aromatic nitrogens is 2. The second-order valence-corrected chi connectivity index (χ2v) is 8.51. The van der Waals surface area contributed by atoms with Crippen LogP contribution in [0.25, 0.3) is 17.0 Å². The standard InChI is InChI=1S/C24H22FN3O3/c1-13-9-10-15(25)11-14(13)12-17-21(29)19(23(31)26-17)22(30)20-16-7-5-6-8-18(16)28(27-20)24(2,3)4/h5-12,29H,1-4H3,(H,26,31)/b17-12-. The van der Waals surface area contributed by atoms with Gasteiger partial charge in [-0.15, -0.1) is 0 Å². The first-order valence-electron chi connectivity index (χ1n) is 9.83. The molecule has 4 rings (SSSR count). The second kappa shape index (κ2) is 7.19. The van der Waals surface area contributed by atoms with Crippen molar-refractivity contribution in [2.75, 3.05) is 0 Å². The summed E-state index contributed by atoms with van der Waals surface area (Å²) in [6.45, 7) is 7.66. The number of para-hydroxylation sites is 1. The molecule has 6 nitrogen and oxygen atoms in total. The predicted octanol–water partition coefficient (Wildman–Crippen LogP) is 4.40. The largest absolute Gasteiger partial charge is 0.505 e. The molecule has 0 atom stereocenters. The molecular formula is C24H22FN3O3. The molecule has 7 heteroatoms. The van der Waals surface area contributed by atoms with Gasteiger partial charge < -0.3 is 10.4 Å². The number of carbonyl (C=O) groups is 2. The molecule has 1 aliphatic rings. The van der Waals surface area contributed by atoms with E-state index < -0.39 is 28.8 Å². The number of Topliss-reactive ketones (excluding diaryl/α,β-unsaturated/α-hetero) is 1. The van der Waals surface area contributed by atoms with Gasteiger partial charge in [0.2, 0.25) is 5.78 Å². The topological polar surface area (TPSA) is 84.2 Å². The smallest absolute Gasteiger partial charge is 0.263 e. The van der Waals surface area contributed by atoms with E-state index >= 15 is 0 Å². The van der Waals surface area contributed by atoms with Crippen molar-refractivity contribution in [3.05, 3.63) is 82.1 Å². The van der Waals surface area contributed by atoms with E-state index in [0.29, 0.717) is 10.9 Å².